The Morgan fingerprint density at radius 2 is 0.915 bits per heavy atom. The van der Waals surface area contributed by atoms with Crippen molar-refractivity contribution < 1.29 is 67.1 Å². The van der Waals surface area contributed by atoms with Crippen LogP contribution in [0.3, 0.4) is 0 Å². The van der Waals surface area contributed by atoms with Gasteiger partial charge in [-0.1, -0.05) is 11.6 Å². The molecule has 488 valence electrons. The van der Waals surface area contributed by atoms with Gasteiger partial charge in [-0.15, -0.1) is 0 Å². The number of phenols is 1. The van der Waals surface area contributed by atoms with Gasteiger partial charge in [-0.25, -0.2) is 49.3 Å². The fourth-order valence-electron chi connectivity index (χ4n) is 9.80. The number of methoxy groups -OCH3 is 2. The summed E-state index contributed by atoms with van der Waals surface area (Å²) in [7, 11) is 3.12. The smallest absolute Gasteiger partial charge is 0.417 e. The van der Waals surface area contributed by atoms with Crippen LogP contribution in [0.15, 0.2) is 147 Å². The molecule has 0 saturated heterocycles. The number of halogens is 1. The lowest BCUT2D eigenvalue weighted by molar-refractivity contribution is 0.0196. The maximum Gasteiger partial charge on any atom is 0.417 e. The fraction of sp³-hybridized carbons (Fsp3) is 0.279. The van der Waals surface area contributed by atoms with Crippen molar-refractivity contribution in [1.82, 2.24) is 55.7 Å². The minimum absolute atomic E-state index is 0.0135. The Hall–Kier alpha value is -11.1. The van der Waals surface area contributed by atoms with E-state index in [1.54, 1.807) is 172 Å². The zero-order chi connectivity index (χ0) is 68.2. The summed E-state index contributed by atoms with van der Waals surface area (Å²) in [6.07, 6.45) is 7.84. The minimum Gasteiger partial charge on any atom is -0.508 e. The van der Waals surface area contributed by atoms with Crippen LogP contribution in [0.1, 0.15) is 173 Å². The SMILES string of the molecule is CC1NC(=O)c2ccc(O)cc21.CC1NC(=O)c2ccc(Oc3ccncn3)cc21.CC1NC(=O)c2ccc(Oc3ccncn3)cc21.COc1ccc2c(c1)C(C)N(C(=O)OC(C)(C)C)C2=O.COc1ccc2c(c1)CN(C(=O)OC(C)(C)C)C2=O.Clc1ccncn1. The molecular formula is C68H70ClN11O14. The average molecular weight is 1300 g/mol. The van der Waals surface area contributed by atoms with E-state index in [9.17, 15) is 33.6 Å². The van der Waals surface area contributed by atoms with Crippen LogP contribution in [-0.2, 0) is 16.0 Å². The first-order valence-corrected chi connectivity index (χ1v) is 29.8. The molecule has 8 heterocycles. The minimum atomic E-state index is -0.635. The van der Waals surface area contributed by atoms with E-state index in [1.165, 1.54) is 25.0 Å². The first-order valence-electron chi connectivity index (χ1n) is 29.4. The number of benzene rings is 5. The molecule has 26 heteroatoms. The number of nitrogens with one attached hydrogen (secondary N) is 3. The zero-order valence-corrected chi connectivity index (χ0v) is 54.3. The summed E-state index contributed by atoms with van der Waals surface area (Å²) in [5.74, 6) is 3.03. The summed E-state index contributed by atoms with van der Waals surface area (Å²) >= 11 is 5.39. The van der Waals surface area contributed by atoms with Crippen LogP contribution in [0.5, 0.6) is 40.5 Å². The third kappa shape index (κ3) is 17.5. The number of hydrogen-bond donors (Lipinski definition) is 4. The van der Waals surface area contributed by atoms with Gasteiger partial charge in [0.2, 0.25) is 11.8 Å². The van der Waals surface area contributed by atoms with Crippen LogP contribution in [-0.4, -0.2) is 112 Å². The number of carbonyl (C=O) groups excluding carboxylic acids is 7. The second kappa shape index (κ2) is 29.9. The van der Waals surface area contributed by atoms with Crippen molar-refractivity contribution in [2.75, 3.05) is 14.2 Å². The van der Waals surface area contributed by atoms with Crippen LogP contribution in [0.2, 0.25) is 5.15 Å². The first kappa shape index (κ1) is 68.8. The number of aromatic hydroxyl groups is 1. The molecule has 4 atom stereocenters. The fourth-order valence-corrected chi connectivity index (χ4v) is 9.90. The highest BCUT2D eigenvalue weighted by Crippen LogP contribution is 2.38. The van der Waals surface area contributed by atoms with Gasteiger partial charge in [0.1, 0.15) is 64.1 Å². The number of nitrogens with zero attached hydrogens (tertiary/aromatic N) is 8. The van der Waals surface area contributed by atoms with E-state index in [2.05, 4.69) is 45.9 Å². The Balaban J connectivity index is 0.000000148. The second-order valence-corrected chi connectivity index (χ2v) is 23.8. The summed E-state index contributed by atoms with van der Waals surface area (Å²) in [5.41, 5.74) is 6.19. The van der Waals surface area contributed by atoms with E-state index >= 15 is 0 Å². The normalized spacial score (nSPS) is 16.5. The van der Waals surface area contributed by atoms with E-state index in [0.29, 0.717) is 67.7 Å². The molecule has 0 spiro atoms. The van der Waals surface area contributed by atoms with Crippen molar-refractivity contribution in [3.8, 4) is 40.5 Å². The lowest BCUT2D eigenvalue weighted by atomic mass is 10.1. The quantitative estimate of drug-likeness (QED) is 0.112. The molecule has 5 aliphatic heterocycles. The molecule has 0 bridgehead atoms. The van der Waals surface area contributed by atoms with Crippen molar-refractivity contribution in [3.63, 3.8) is 0 Å². The molecule has 4 unspecified atom stereocenters. The van der Waals surface area contributed by atoms with Crippen LogP contribution in [0.25, 0.3) is 0 Å². The predicted molar refractivity (Wildman–Crippen MR) is 343 cm³/mol. The molecule has 0 fully saturated rings. The molecule has 0 aliphatic carbocycles. The molecule has 4 N–H and O–H groups in total. The molecule has 5 aliphatic rings. The summed E-state index contributed by atoms with van der Waals surface area (Å²) in [6, 6.07) is 30.5. The summed E-state index contributed by atoms with van der Waals surface area (Å²) in [5, 5.41) is 18.1. The summed E-state index contributed by atoms with van der Waals surface area (Å²) < 4.78 is 32.0. The van der Waals surface area contributed by atoms with Gasteiger partial charge in [-0.05, 0) is 194 Å². The van der Waals surface area contributed by atoms with Gasteiger partial charge in [-0.3, -0.25) is 24.0 Å². The third-order valence-corrected chi connectivity index (χ3v) is 14.4. The lowest BCUT2D eigenvalue weighted by Crippen LogP contribution is -2.38. The number of amides is 7. The molecule has 3 aromatic heterocycles. The Labute approximate surface area is 547 Å². The topological polar surface area (TPSA) is 315 Å². The molecule has 0 saturated carbocycles. The zero-order valence-electron chi connectivity index (χ0n) is 53.6. The van der Waals surface area contributed by atoms with E-state index in [4.69, 9.17) is 45.1 Å². The molecule has 7 amide bonds. The van der Waals surface area contributed by atoms with Gasteiger partial charge >= 0.3 is 12.2 Å². The molecule has 25 nitrogen and oxygen atoms in total. The number of rotatable bonds is 6. The van der Waals surface area contributed by atoms with Crippen molar-refractivity contribution in [2.45, 2.75) is 111 Å². The second-order valence-electron chi connectivity index (χ2n) is 23.4. The van der Waals surface area contributed by atoms with Crippen LogP contribution in [0.4, 0.5) is 9.59 Å². The van der Waals surface area contributed by atoms with Gasteiger partial charge in [0.15, 0.2) is 0 Å². The number of ether oxygens (including phenoxy) is 6. The van der Waals surface area contributed by atoms with Gasteiger partial charge in [0.05, 0.1) is 44.9 Å². The molecule has 8 aromatic rings. The Bertz CT molecular complexity index is 3990. The highest BCUT2D eigenvalue weighted by atomic mass is 35.5. The third-order valence-electron chi connectivity index (χ3n) is 14.2. The van der Waals surface area contributed by atoms with Crippen LogP contribution >= 0.6 is 11.6 Å². The van der Waals surface area contributed by atoms with E-state index < -0.39 is 23.4 Å². The van der Waals surface area contributed by atoms with Crippen molar-refractivity contribution in [3.05, 3.63) is 208 Å². The van der Waals surface area contributed by atoms with Gasteiger partial charge in [0, 0.05) is 58.5 Å². The van der Waals surface area contributed by atoms with Crippen molar-refractivity contribution >= 4 is 53.3 Å². The number of aromatic nitrogens is 6. The standard InChI is InChI=1S/C15H19NO4.C14H17NO4.2C13H11N3O2.C9H9NO2.C4H3ClN2/c1-9-12-8-10(19-5)6-7-11(12)13(17)16(9)14(18)20-15(2,3)4;1-14(2,3)19-13(17)15-8-9-7-10(18-4)5-6-11(9)12(15)16;2*1-8-11-6-9(2-3-10(11)13(17)16-8)18-12-4-5-14-7-15-12;1-5-8-4-6(11)2-3-7(8)9(12)10-5;5-4-1-2-6-3-7-4/h6-9H,1-5H3;5-7H,8H2,1-4H3;2*2-8H,1H3,(H,16,17);2-5,11H,1H3,(H,10,12);1-3H. The van der Waals surface area contributed by atoms with Crippen molar-refractivity contribution in [2.24, 2.45) is 0 Å². The van der Waals surface area contributed by atoms with Crippen molar-refractivity contribution in [1.29, 1.82) is 0 Å². The maximum atomic E-state index is 12.3. The average Bonchev–Trinajstić information content (AvgIpc) is 1.64. The van der Waals surface area contributed by atoms with E-state index in [1.807, 2.05) is 32.9 Å². The Morgan fingerprint density at radius 1 is 0.500 bits per heavy atom. The van der Waals surface area contributed by atoms with Crippen LogP contribution in [0, 0.1) is 0 Å². The molecule has 0 radical (unpaired) electrons. The molecule has 13 rings (SSSR count). The number of carbonyl (C=O) groups is 7. The first-order chi connectivity index (χ1) is 44.6. The largest absolute Gasteiger partial charge is 0.508 e. The molecular weight excluding hydrogens is 1230 g/mol. The van der Waals surface area contributed by atoms with Gasteiger partial charge in [0.25, 0.3) is 29.5 Å². The Morgan fingerprint density at radius 3 is 1.35 bits per heavy atom. The number of fused-ring (bicyclic) bond motifs is 5. The highest BCUT2D eigenvalue weighted by Gasteiger charge is 2.41. The lowest BCUT2D eigenvalue weighted by Gasteiger charge is -2.25. The molecule has 94 heavy (non-hydrogen) atoms. The highest BCUT2D eigenvalue weighted by molar-refractivity contribution is 6.29. The monoisotopic (exact) mass is 1300 g/mol. The van der Waals surface area contributed by atoms with Gasteiger partial charge in [-0.2, -0.15) is 0 Å². The maximum absolute atomic E-state index is 12.3. The van der Waals surface area contributed by atoms with E-state index in [0.717, 1.165) is 37.6 Å². The van der Waals surface area contributed by atoms with Crippen LogP contribution < -0.4 is 34.9 Å². The summed E-state index contributed by atoms with van der Waals surface area (Å²) in [4.78, 5) is 108. The van der Waals surface area contributed by atoms with E-state index in [-0.39, 0.29) is 66.0 Å². The molecule has 5 aromatic carbocycles. The predicted octanol–water partition coefficient (Wildman–Crippen LogP) is 12.2. The number of imide groups is 2. The number of phenolic OH excluding ortho intramolecular Hbond substituents is 1. The van der Waals surface area contributed by atoms with Gasteiger partial charge < -0.3 is 49.5 Å². The Kier molecular flexibility index (Phi) is 21.9. The summed E-state index contributed by atoms with van der Waals surface area (Å²) in [6.45, 7) is 18.4. The number of hydrogen-bond acceptors (Lipinski definition) is 20.